The van der Waals surface area contributed by atoms with E-state index in [-0.39, 0.29) is 0 Å². The van der Waals surface area contributed by atoms with Gasteiger partial charge < -0.3 is 10.8 Å². The lowest BCUT2D eigenvalue weighted by atomic mass is 10.3. The molecule has 0 saturated carbocycles. The molecule has 0 radical (unpaired) electrons. The zero-order chi connectivity index (χ0) is 9.07. The van der Waals surface area contributed by atoms with Crippen molar-refractivity contribution in [1.82, 2.24) is 0 Å². The molecule has 8 heteroatoms. The fourth-order valence-corrected chi connectivity index (χ4v) is 0.576. The summed E-state index contributed by atoms with van der Waals surface area (Å²) >= 11 is 0. The summed E-state index contributed by atoms with van der Waals surface area (Å²) in [7, 11) is -4.10. The molecule has 0 aliphatic heterocycles. The number of nitrogens with two attached hydrogens (primary N) is 2. The van der Waals surface area contributed by atoms with E-state index in [0.29, 0.717) is 0 Å². The number of hydrogen-bond donors (Lipinski definition) is 3. The largest absolute Gasteiger partial charge is 0.480 e. The van der Waals surface area contributed by atoms with E-state index < -0.39 is 28.9 Å². The molecule has 0 unspecified atom stereocenters. The summed E-state index contributed by atoms with van der Waals surface area (Å²) in [4.78, 5) is 9.98. The summed E-state index contributed by atoms with van der Waals surface area (Å²) in [5.41, 5.74) is 4.88. The van der Waals surface area contributed by atoms with Crippen LogP contribution in [-0.2, 0) is 19.3 Å². The van der Waals surface area contributed by atoms with Crippen molar-refractivity contribution in [3.05, 3.63) is 0 Å². The van der Waals surface area contributed by atoms with Gasteiger partial charge in [-0.1, -0.05) is 0 Å². The SMILES string of the molecule is N[C@@H](COS(N)(=O)=O)C(=O)O. The van der Waals surface area contributed by atoms with Gasteiger partial charge in [0.2, 0.25) is 0 Å². The van der Waals surface area contributed by atoms with Crippen LogP contribution in [0.1, 0.15) is 0 Å². The van der Waals surface area contributed by atoms with E-state index in [1.165, 1.54) is 0 Å². The van der Waals surface area contributed by atoms with E-state index in [0.717, 1.165) is 0 Å². The lowest BCUT2D eigenvalue weighted by Gasteiger charge is -2.03. The standard InChI is InChI=1S/C3H8N2O5S/c4-2(3(6)7)1-10-11(5,8)9/h2H,1,4H2,(H,6,7)(H2,5,8,9)/t2-/m0/s1. The molecule has 66 valence electrons. The third kappa shape index (κ3) is 5.73. The summed E-state index contributed by atoms with van der Waals surface area (Å²) in [6.07, 6.45) is 0. The topological polar surface area (TPSA) is 133 Å². The van der Waals surface area contributed by atoms with Crippen LogP contribution in [0, 0.1) is 0 Å². The molecule has 1 atom stereocenters. The Morgan fingerprint density at radius 2 is 2.09 bits per heavy atom. The van der Waals surface area contributed by atoms with Crippen LogP contribution in [0.25, 0.3) is 0 Å². The molecule has 0 fully saturated rings. The minimum absolute atomic E-state index is 0.659. The van der Waals surface area contributed by atoms with Crippen molar-refractivity contribution >= 4 is 16.3 Å². The quantitative estimate of drug-likeness (QED) is 0.446. The van der Waals surface area contributed by atoms with Gasteiger partial charge in [0.25, 0.3) is 0 Å². The second-order valence-electron chi connectivity index (χ2n) is 1.72. The van der Waals surface area contributed by atoms with Crippen LogP contribution in [-0.4, -0.2) is 32.1 Å². The van der Waals surface area contributed by atoms with Crippen LogP contribution in [0.2, 0.25) is 0 Å². The van der Waals surface area contributed by atoms with Crippen molar-refractivity contribution in [2.24, 2.45) is 10.9 Å². The average molecular weight is 184 g/mol. The van der Waals surface area contributed by atoms with Gasteiger partial charge in [0.05, 0.1) is 6.61 Å². The molecular weight excluding hydrogens is 176 g/mol. The maximum Gasteiger partial charge on any atom is 0.333 e. The Kier molecular flexibility index (Phi) is 3.39. The number of carbonyl (C=O) groups is 1. The first kappa shape index (κ1) is 10.3. The van der Waals surface area contributed by atoms with E-state index >= 15 is 0 Å². The van der Waals surface area contributed by atoms with Crippen molar-refractivity contribution in [3.63, 3.8) is 0 Å². The molecular formula is C3H8N2O5S. The van der Waals surface area contributed by atoms with E-state index in [1.54, 1.807) is 0 Å². The second kappa shape index (κ2) is 3.62. The predicted octanol–water partition coefficient (Wildman–Crippen LogP) is -2.38. The molecule has 5 N–H and O–H groups in total. The second-order valence-corrected chi connectivity index (χ2v) is 2.94. The fraction of sp³-hybridized carbons (Fsp3) is 0.667. The Balaban J connectivity index is 3.82. The van der Waals surface area contributed by atoms with Crippen LogP contribution in [0.15, 0.2) is 0 Å². The zero-order valence-electron chi connectivity index (χ0n) is 5.43. The first-order valence-electron chi connectivity index (χ1n) is 2.48. The number of rotatable bonds is 4. The molecule has 0 spiro atoms. The zero-order valence-corrected chi connectivity index (χ0v) is 6.24. The van der Waals surface area contributed by atoms with Gasteiger partial charge in [-0.2, -0.15) is 8.42 Å². The van der Waals surface area contributed by atoms with Crippen molar-refractivity contribution in [1.29, 1.82) is 0 Å². The molecule has 0 aliphatic rings. The minimum Gasteiger partial charge on any atom is -0.480 e. The lowest BCUT2D eigenvalue weighted by Crippen LogP contribution is -2.36. The molecule has 0 rings (SSSR count). The van der Waals surface area contributed by atoms with Gasteiger partial charge in [0, 0.05) is 0 Å². The maximum absolute atomic E-state index is 10.1. The van der Waals surface area contributed by atoms with Gasteiger partial charge >= 0.3 is 16.3 Å². The van der Waals surface area contributed by atoms with Gasteiger partial charge in [-0.3, -0.25) is 8.98 Å². The average Bonchev–Trinajstić information content (AvgIpc) is 1.80. The van der Waals surface area contributed by atoms with Crippen molar-refractivity contribution < 1.29 is 22.5 Å². The molecule has 0 saturated heterocycles. The molecule has 11 heavy (non-hydrogen) atoms. The summed E-state index contributed by atoms with van der Waals surface area (Å²) in [5.74, 6) is -1.35. The van der Waals surface area contributed by atoms with Crippen molar-refractivity contribution in [3.8, 4) is 0 Å². The van der Waals surface area contributed by atoms with Crippen LogP contribution < -0.4 is 10.9 Å². The summed E-state index contributed by atoms with van der Waals surface area (Å²) in [5, 5.41) is 12.5. The lowest BCUT2D eigenvalue weighted by molar-refractivity contribution is -0.139. The number of carboxylic acid groups (broad SMARTS) is 1. The molecule has 0 aromatic rings. The highest BCUT2D eigenvalue weighted by Crippen LogP contribution is 1.85. The maximum atomic E-state index is 10.1. The first-order valence-corrected chi connectivity index (χ1v) is 3.95. The summed E-state index contributed by atoms with van der Waals surface area (Å²) in [6, 6.07) is -1.38. The summed E-state index contributed by atoms with van der Waals surface area (Å²) < 4.78 is 24.0. The Morgan fingerprint density at radius 1 is 1.64 bits per heavy atom. The molecule has 7 nitrogen and oxygen atoms in total. The first-order chi connectivity index (χ1) is 4.83. The Hall–Kier alpha value is -0.700. The number of carboxylic acids is 1. The fourth-order valence-electron chi connectivity index (χ4n) is 0.239. The van der Waals surface area contributed by atoms with E-state index in [4.69, 9.17) is 10.8 Å². The Labute approximate surface area is 63.2 Å². The van der Waals surface area contributed by atoms with E-state index in [9.17, 15) is 13.2 Å². The van der Waals surface area contributed by atoms with Crippen molar-refractivity contribution in [2.45, 2.75) is 6.04 Å². The molecule has 0 aromatic carbocycles. The van der Waals surface area contributed by atoms with Crippen LogP contribution in [0.3, 0.4) is 0 Å². The number of aliphatic carboxylic acids is 1. The smallest absolute Gasteiger partial charge is 0.333 e. The van der Waals surface area contributed by atoms with E-state index in [1.807, 2.05) is 0 Å². The molecule has 0 amide bonds. The normalized spacial score (nSPS) is 14.4. The Bertz CT molecular complexity index is 234. The summed E-state index contributed by atoms with van der Waals surface area (Å²) in [6.45, 7) is -0.659. The van der Waals surface area contributed by atoms with E-state index in [2.05, 4.69) is 9.32 Å². The minimum atomic E-state index is -4.10. The van der Waals surface area contributed by atoms with Gasteiger partial charge in [-0.05, 0) is 0 Å². The Morgan fingerprint density at radius 3 is 2.36 bits per heavy atom. The van der Waals surface area contributed by atoms with Gasteiger partial charge in [0.1, 0.15) is 6.04 Å². The molecule has 0 aromatic heterocycles. The van der Waals surface area contributed by atoms with Gasteiger partial charge in [0.15, 0.2) is 0 Å². The third-order valence-electron chi connectivity index (χ3n) is 0.729. The highest BCUT2D eigenvalue weighted by Gasteiger charge is 2.14. The predicted molar refractivity (Wildman–Crippen MR) is 34.7 cm³/mol. The van der Waals surface area contributed by atoms with Crippen LogP contribution in [0.5, 0.6) is 0 Å². The highest BCUT2D eigenvalue weighted by atomic mass is 32.2. The van der Waals surface area contributed by atoms with Gasteiger partial charge in [-0.15, -0.1) is 0 Å². The van der Waals surface area contributed by atoms with Crippen LogP contribution >= 0.6 is 0 Å². The molecule has 0 heterocycles. The van der Waals surface area contributed by atoms with Crippen molar-refractivity contribution in [2.75, 3.05) is 6.61 Å². The van der Waals surface area contributed by atoms with Crippen LogP contribution in [0.4, 0.5) is 0 Å². The number of hydrogen-bond acceptors (Lipinski definition) is 5. The highest BCUT2D eigenvalue weighted by molar-refractivity contribution is 7.84. The monoisotopic (exact) mass is 184 g/mol. The third-order valence-corrected chi connectivity index (χ3v) is 1.19. The molecule has 0 aliphatic carbocycles. The van der Waals surface area contributed by atoms with Gasteiger partial charge in [-0.25, -0.2) is 5.14 Å². The molecule has 0 bridgehead atoms.